The number of likely N-dealkylation sites (tertiary alicyclic amines) is 1. The first kappa shape index (κ1) is 17.4. The minimum atomic E-state index is -0.361. The predicted molar refractivity (Wildman–Crippen MR) is 91.3 cm³/mol. The molecular weight excluding hydrogens is 307 g/mol. The number of piperidine rings is 2. The number of nitrogens with one attached hydrogen (secondary N) is 1. The van der Waals surface area contributed by atoms with Crippen LogP contribution in [0.4, 0.5) is 4.39 Å². The number of halogens is 1. The molecule has 1 aromatic carbocycles. The number of rotatable bonds is 3. The zero-order valence-corrected chi connectivity index (χ0v) is 14.5. The van der Waals surface area contributed by atoms with Gasteiger partial charge in [-0.2, -0.15) is 0 Å². The maximum Gasteiger partial charge on any atom is 0.323 e. The largest absolute Gasteiger partial charge is 0.468 e. The van der Waals surface area contributed by atoms with Crippen LogP contribution in [0.1, 0.15) is 37.7 Å². The van der Waals surface area contributed by atoms with Crippen LogP contribution in [0.2, 0.25) is 0 Å². The summed E-state index contributed by atoms with van der Waals surface area (Å²) >= 11 is 0. The predicted octanol–water partition coefficient (Wildman–Crippen LogP) is 2.54. The summed E-state index contributed by atoms with van der Waals surface area (Å²) < 4.78 is 18.2. The van der Waals surface area contributed by atoms with E-state index in [4.69, 9.17) is 4.74 Å². The molecule has 3 rings (SSSR count). The molecule has 0 aromatic heterocycles. The van der Waals surface area contributed by atoms with Crippen molar-refractivity contribution in [3.8, 4) is 0 Å². The van der Waals surface area contributed by atoms with Gasteiger partial charge in [-0.15, -0.1) is 0 Å². The maximum atomic E-state index is 13.3. The highest BCUT2D eigenvalue weighted by Gasteiger charge is 2.38. The van der Waals surface area contributed by atoms with Crippen molar-refractivity contribution in [1.82, 2.24) is 10.2 Å². The molecule has 0 radical (unpaired) electrons. The Morgan fingerprint density at radius 3 is 2.54 bits per heavy atom. The first-order valence-corrected chi connectivity index (χ1v) is 8.89. The fourth-order valence-electron chi connectivity index (χ4n) is 4.00. The molecule has 1 N–H and O–H groups in total. The topological polar surface area (TPSA) is 41.6 Å². The van der Waals surface area contributed by atoms with E-state index in [9.17, 15) is 9.18 Å². The molecule has 0 saturated carbocycles. The quantitative estimate of drug-likeness (QED) is 0.863. The Balaban J connectivity index is 1.76. The minimum absolute atomic E-state index is 0.0103. The van der Waals surface area contributed by atoms with Crippen molar-refractivity contribution in [3.05, 3.63) is 35.6 Å². The second kappa shape index (κ2) is 7.62. The zero-order chi connectivity index (χ0) is 17.1. The number of esters is 1. The summed E-state index contributed by atoms with van der Waals surface area (Å²) in [4.78, 5) is 14.7. The van der Waals surface area contributed by atoms with Crippen molar-refractivity contribution in [2.45, 2.75) is 44.2 Å². The van der Waals surface area contributed by atoms with Crippen LogP contribution in [0.25, 0.3) is 0 Å². The lowest BCUT2D eigenvalue weighted by Gasteiger charge is -2.43. The van der Waals surface area contributed by atoms with Gasteiger partial charge in [0, 0.05) is 18.5 Å². The standard InChI is InChI=1S/C19H27FN2O2/c1-13-7-9-22(10-8-13)16-11-17(14-3-5-15(20)6-4-14)18(21-12-16)19(23)24-2/h3-6,13,16-18,21H,7-12H2,1-2H3. The van der Waals surface area contributed by atoms with Gasteiger partial charge < -0.3 is 10.1 Å². The third kappa shape index (κ3) is 3.78. The molecule has 5 heteroatoms. The number of hydrogen-bond acceptors (Lipinski definition) is 4. The SMILES string of the molecule is COC(=O)C1NCC(N2CCC(C)CC2)CC1c1ccc(F)cc1. The Hall–Kier alpha value is -1.46. The highest BCUT2D eigenvalue weighted by molar-refractivity contribution is 5.77. The van der Waals surface area contributed by atoms with Gasteiger partial charge in [0.15, 0.2) is 0 Å². The molecular formula is C19H27FN2O2. The van der Waals surface area contributed by atoms with Gasteiger partial charge in [0.05, 0.1) is 7.11 Å². The first-order valence-electron chi connectivity index (χ1n) is 8.89. The number of carbonyl (C=O) groups excluding carboxylic acids is 1. The summed E-state index contributed by atoms with van der Waals surface area (Å²) in [6.07, 6.45) is 3.36. The lowest BCUT2D eigenvalue weighted by atomic mass is 9.81. The van der Waals surface area contributed by atoms with Gasteiger partial charge in [-0.25, -0.2) is 4.39 Å². The number of nitrogens with zero attached hydrogens (tertiary/aromatic N) is 1. The fourth-order valence-corrected chi connectivity index (χ4v) is 4.00. The van der Waals surface area contributed by atoms with E-state index in [1.165, 1.54) is 32.1 Å². The first-order chi connectivity index (χ1) is 11.6. The van der Waals surface area contributed by atoms with Gasteiger partial charge >= 0.3 is 5.97 Å². The van der Waals surface area contributed by atoms with Crippen LogP contribution in [0.3, 0.4) is 0 Å². The summed E-state index contributed by atoms with van der Waals surface area (Å²) in [5.74, 6) is 0.318. The van der Waals surface area contributed by atoms with Crippen molar-refractivity contribution >= 4 is 5.97 Å². The number of benzene rings is 1. The summed E-state index contributed by atoms with van der Waals surface area (Å²) in [7, 11) is 1.42. The van der Waals surface area contributed by atoms with Crippen LogP contribution in [-0.2, 0) is 9.53 Å². The van der Waals surface area contributed by atoms with E-state index >= 15 is 0 Å². The Morgan fingerprint density at radius 1 is 1.25 bits per heavy atom. The van der Waals surface area contributed by atoms with E-state index in [1.807, 2.05) is 0 Å². The maximum absolute atomic E-state index is 13.3. The number of hydrogen-bond donors (Lipinski definition) is 1. The average Bonchev–Trinajstić information content (AvgIpc) is 2.62. The van der Waals surface area contributed by atoms with E-state index in [0.29, 0.717) is 6.04 Å². The van der Waals surface area contributed by atoms with E-state index in [2.05, 4.69) is 17.1 Å². The van der Waals surface area contributed by atoms with E-state index in [0.717, 1.165) is 37.5 Å². The molecule has 2 aliphatic rings. The van der Waals surface area contributed by atoms with Crippen molar-refractivity contribution < 1.29 is 13.9 Å². The van der Waals surface area contributed by atoms with Crippen LogP contribution in [0.5, 0.6) is 0 Å². The number of methoxy groups -OCH3 is 1. The van der Waals surface area contributed by atoms with E-state index < -0.39 is 0 Å². The highest BCUT2D eigenvalue weighted by atomic mass is 19.1. The molecule has 0 bridgehead atoms. The molecule has 0 aliphatic carbocycles. The zero-order valence-electron chi connectivity index (χ0n) is 14.5. The summed E-state index contributed by atoms with van der Waals surface area (Å²) in [6.45, 7) is 5.34. The van der Waals surface area contributed by atoms with Crippen LogP contribution in [0.15, 0.2) is 24.3 Å². The van der Waals surface area contributed by atoms with Crippen molar-refractivity contribution in [2.24, 2.45) is 5.92 Å². The Morgan fingerprint density at radius 2 is 1.92 bits per heavy atom. The molecule has 0 spiro atoms. The average molecular weight is 334 g/mol. The molecule has 2 aliphatic heterocycles. The van der Waals surface area contributed by atoms with E-state index in [-0.39, 0.29) is 23.7 Å². The van der Waals surface area contributed by atoms with Crippen LogP contribution >= 0.6 is 0 Å². The minimum Gasteiger partial charge on any atom is -0.468 e. The molecule has 2 saturated heterocycles. The van der Waals surface area contributed by atoms with Gasteiger partial charge in [-0.1, -0.05) is 19.1 Å². The smallest absolute Gasteiger partial charge is 0.323 e. The Labute approximate surface area is 143 Å². The molecule has 2 heterocycles. The van der Waals surface area contributed by atoms with Crippen molar-refractivity contribution in [3.63, 3.8) is 0 Å². The normalized spacial score (nSPS) is 29.4. The summed E-state index contributed by atoms with van der Waals surface area (Å²) in [5, 5.41) is 3.38. The van der Waals surface area contributed by atoms with Gasteiger partial charge in [0.2, 0.25) is 0 Å². The number of carbonyl (C=O) groups is 1. The molecule has 24 heavy (non-hydrogen) atoms. The second-order valence-electron chi connectivity index (χ2n) is 7.18. The Kier molecular flexibility index (Phi) is 5.51. The summed E-state index contributed by atoms with van der Waals surface area (Å²) in [6, 6.07) is 6.57. The molecule has 3 atom stereocenters. The molecule has 0 amide bonds. The summed E-state index contributed by atoms with van der Waals surface area (Å²) in [5.41, 5.74) is 0.995. The van der Waals surface area contributed by atoms with Crippen LogP contribution in [0, 0.1) is 11.7 Å². The molecule has 3 unspecified atom stereocenters. The molecule has 1 aromatic rings. The monoisotopic (exact) mass is 334 g/mol. The molecule has 2 fully saturated rings. The van der Waals surface area contributed by atoms with Gasteiger partial charge in [0.25, 0.3) is 0 Å². The van der Waals surface area contributed by atoms with Crippen molar-refractivity contribution in [1.29, 1.82) is 0 Å². The highest BCUT2D eigenvalue weighted by Crippen LogP contribution is 2.32. The fraction of sp³-hybridized carbons (Fsp3) is 0.632. The van der Waals surface area contributed by atoms with Crippen LogP contribution in [-0.4, -0.2) is 49.7 Å². The molecule has 132 valence electrons. The lowest BCUT2D eigenvalue weighted by molar-refractivity contribution is -0.144. The van der Waals surface area contributed by atoms with Crippen LogP contribution < -0.4 is 5.32 Å². The second-order valence-corrected chi connectivity index (χ2v) is 7.18. The third-order valence-electron chi connectivity index (χ3n) is 5.59. The van der Waals surface area contributed by atoms with Gasteiger partial charge in [-0.3, -0.25) is 9.69 Å². The van der Waals surface area contributed by atoms with Gasteiger partial charge in [-0.05, 0) is 56.0 Å². The lowest BCUT2D eigenvalue weighted by Crippen LogP contribution is -2.56. The van der Waals surface area contributed by atoms with Gasteiger partial charge in [0.1, 0.15) is 11.9 Å². The Bertz CT molecular complexity index is 555. The van der Waals surface area contributed by atoms with E-state index in [1.54, 1.807) is 12.1 Å². The van der Waals surface area contributed by atoms with Crippen molar-refractivity contribution in [2.75, 3.05) is 26.7 Å². The third-order valence-corrected chi connectivity index (χ3v) is 5.59. The molecule has 4 nitrogen and oxygen atoms in total. The number of ether oxygens (including phenoxy) is 1.